The fourth-order valence-corrected chi connectivity index (χ4v) is 3.14. The molecule has 2 aromatic carbocycles. The van der Waals surface area contributed by atoms with E-state index in [-0.39, 0.29) is 17.4 Å². The van der Waals surface area contributed by atoms with Crippen molar-refractivity contribution >= 4 is 11.8 Å². The van der Waals surface area contributed by atoms with Crippen LogP contribution < -0.4 is 4.74 Å². The first-order valence-electron chi connectivity index (χ1n) is 9.28. The van der Waals surface area contributed by atoms with Crippen molar-refractivity contribution in [3.05, 3.63) is 65.2 Å². The second-order valence-electron chi connectivity index (χ2n) is 6.62. The molecule has 1 aliphatic heterocycles. The maximum Gasteiger partial charge on any atom is 0.416 e. The average Bonchev–Trinajstić information content (AvgIpc) is 2.73. The molecule has 3 rings (SSSR count). The number of hydrogen-bond donors (Lipinski definition) is 0. The topological polar surface area (TPSA) is 49.9 Å². The summed E-state index contributed by atoms with van der Waals surface area (Å²) in [5.74, 6) is 0.220. The average molecular weight is 406 g/mol. The minimum atomic E-state index is -4.44. The number of piperazine rings is 1. The summed E-state index contributed by atoms with van der Waals surface area (Å²) in [6.07, 6.45) is -4.44. The molecule has 1 aliphatic rings. The monoisotopic (exact) mass is 406 g/mol. The summed E-state index contributed by atoms with van der Waals surface area (Å²) < 4.78 is 43.3. The van der Waals surface area contributed by atoms with Gasteiger partial charge in [0.25, 0.3) is 11.8 Å². The number of amides is 2. The molecule has 0 unspecified atom stereocenters. The Morgan fingerprint density at radius 2 is 1.24 bits per heavy atom. The molecule has 0 N–H and O–H groups in total. The lowest BCUT2D eigenvalue weighted by Gasteiger charge is -2.35. The van der Waals surface area contributed by atoms with Crippen molar-refractivity contribution in [3.63, 3.8) is 0 Å². The van der Waals surface area contributed by atoms with Crippen LogP contribution in [0.15, 0.2) is 48.5 Å². The Kier molecular flexibility index (Phi) is 6.10. The van der Waals surface area contributed by atoms with E-state index in [2.05, 4.69) is 0 Å². The first-order valence-corrected chi connectivity index (χ1v) is 9.28. The zero-order valence-corrected chi connectivity index (χ0v) is 15.9. The van der Waals surface area contributed by atoms with E-state index in [0.717, 1.165) is 12.1 Å². The van der Waals surface area contributed by atoms with E-state index in [1.54, 1.807) is 34.1 Å². The van der Waals surface area contributed by atoms with Gasteiger partial charge < -0.3 is 14.5 Å². The fourth-order valence-electron chi connectivity index (χ4n) is 3.14. The molecule has 2 aromatic rings. The van der Waals surface area contributed by atoms with Gasteiger partial charge in [0.2, 0.25) is 0 Å². The highest BCUT2D eigenvalue weighted by Crippen LogP contribution is 2.29. The molecule has 0 bridgehead atoms. The maximum absolute atomic E-state index is 12.7. The molecule has 2 amide bonds. The zero-order valence-electron chi connectivity index (χ0n) is 15.9. The minimum absolute atomic E-state index is 0.130. The predicted octanol–water partition coefficient (Wildman–Crippen LogP) is 3.70. The Morgan fingerprint density at radius 1 is 0.828 bits per heavy atom. The number of ether oxygens (including phenoxy) is 1. The molecule has 1 fully saturated rings. The highest BCUT2D eigenvalue weighted by Gasteiger charge is 2.31. The first kappa shape index (κ1) is 20.7. The number of hydrogen-bond acceptors (Lipinski definition) is 3. The molecule has 29 heavy (non-hydrogen) atoms. The summed E-state index contributed by atoms with van der Waals surface area (Å²) in [5.41, 5.74) is -0.0555. The minimum Gasteiger partial charge on any atom is -0.494 e. The van der Waals surface area contributed by atoms with Gasteiger partial charge >= 0.3 is 6.18 Å². The van der Waals surface area contributed by atoms with Gasteiger partial charge in [0.15, 0.2) is 0 Å². The van der Waals surface area contributed by atoms with E-state index in [9.17, 15) is 22.8 Å². The summed E-state index contributed by atoms with van der Waals surface area (Å²) in [6.45, 7) is 3.79. The van der Waals surface area contributed by atoms with Crippen molar-refractivity contribution in [2.45, 2.75) is 13.1 Å². The normalized spacial score (nSPS) is 14.6. The Morgan fingerprint density at radius 3 is 1.62 bits per heavy atom. The Labute approximate surface area is 166 Å². The van der Waals surface area contributed by atoms with Crippen LogP contribution in [0.25, 0.3) is 0 Å². The lowest BCUT2D eigenvalue weighted by atomic mass is 10.1. The highest BCUT2D eigenvalue weighted by molar-refractivity contribution is 5.96. The van der Waals surface area contributed by atoms with Crippen LogP contribution in [-0.2, 0) is 6.18 Å². The number of alkyl halides is 3. The first-order chi connectivity index (χ1) is 13.8. The maximum atomic E-state index is 12.7. The van der Waals surface area contributed by atoms with Crippen LogP contribution in [-0.4, -0.2) is 54.4 Å². The molecular formula is C21H21F3N2O3. The van der Waals surface area contributed by atoms with Gasteiger partial charge in [0, 0.05) is 37.3 Å². The largest absolute Gasteiger partial charge is 0.494 e. The third-order valence-electron chi connectivity index (χ3n) is 4.73. The molecule has 0 aliphatic carbocycles. The third kappa shape index (κ3) is 4.88. The van der Waals surface area contributed by atoms with Gasteiger partial charge in [-0.3, -0.25) is 9.59 Å². The fraction of sp³-hybridized carbons (Fsp3) is 0.333. The molecule has 0 spiro atoms. The number of halogens is 3. The van der Waals surface area contributed by atoms with Gasteiger partial charge in [0.1, 0.15) is 5.75 Å². The number of rotatable bonds is 4. The van der Waals surface area contributed by atoms with Gasteiger partial charge in [0.05, 0.1) is 12.2 Å². The summed E-state index contributed by atoms with van der Waals surface area (Å²) in [5, 5.41) is 0. The van der Waals surface area contributed by atoms with Gasteiger partial charge in [-0.15, -0.1) is 0 Å². The summed E-state index contributed by atoms with van der Waals surface area (Å²) in [7, 11) is 0. The molecule has 0 saturated carbocycles. The van der Waals surface area contributed by atoms with Crippen molar-refractivity contribution in [2.24, 2.45) is 0 Å². The van der Waals surface area contributed by atoms with Crippen LogP contribution in [0.5, 0.6) is 5.75 Å². The molecular weight excluding hydrogens is 385 g/mol. The number of nitrogens with zero attached hydrogens (tertiary/aromatic N) is 2. The highest BCUT2D eigenvalue weighted by atomic mass is 19.4. The van der Waals surface area contributed by atoms with Crippen molar-refractivity contribution in [1.29, 1.82) is 0 Å². The molecule has 8 heteroatoms. The van der Waals surface area contributed by atoms with Crippen molar-refractivity contribution in [3.8, 4) is 5.75 Å². The van der Waals surface area contributed by atoms with E-state index in [1.807, 2.05) is 6.92 Å². The van der Waals surface area contributed by atoms with Crippen LogP contribution in [0.1, 0.15) is 33.2 Å². The van der Waals surface area contributed by atoms with E-state index >= 15 is 0 Å². The molecule has 0 radical (unpaired) electrons. The van der Waals surface area contributed by atoms with Crippen LogP contribution >= 0.6 is 0 Å². The van der Waals surface area contributed by atoms with Crippen molar-refractivity contribution in [2.75, 3.05) is 32.8 Å². The Bertz CT molecular complexity index is 856. The Hall–Kier alpha value is -3.03. The molecule has 154 valence electrons. The van der Waals surface area contributed by atoms with Gasteiger partial charge in [-0.2, -0.15) is 13.2 Å². The van der Waals surface area contributed by atoms with E-state index in [0.29, 0.717) is 44.1 Å². The lowest BCUT2D eigenvalue weighted by molar-refractivity contribution is -0.137. The zero-order chi connectivity index (χ0) is 21.0. The van der Waals surface area contributed by atoms with Crippen LogP contribution in [0.4, 0.5) is 13.2 Å². The van der Waals surface area contributed by atoms with E-state index in [4.69, 9.17) is 4.74 Å². The quantitative estimate of drug-likeness (QED) is 0.778. The van der Waals surface area contributed by atoms with Crippen LogP contribution in [0.2, 0.25) is 0 Å². The summed E-state index contributed by atoms with van der Waals surface area (Å²) in [4.78, 5) is 28.4. The lowest BCUT2D eigenvalue weighted by Crippen LogP contribution is -2.50. The Balaban J connectivity index is 1.58. The van der Waals surface area contributed by atoms with Gasteiger partial charge in [-0.1, -0.05) is 0 Å². The standard InChI is InChI=1S/C21H21F3N2O3/c1-2-29-18-9-5-16(6-10-18)20(28)26-13-11-25(12-14-26)19(27)15-3-7-17(8-4-15)21(22,23)24/h3-10H,2,11-14H2,1H3. The SMILES string of the molecule is CCOc1ccc(C(=O)N2CCN(C(=O)c3ccc(C(F)(F)F)cc3)CC2)cc1. The van der Waals surface area contributed by atoms with E-state index in [1.165, 1.54) is 12.1 Å². The molecule has 5 nitrogen and oxygen atoms in total. The van der Waals surface area contributed by atoms with Crippen LogP contribution in [0.3, 0.4) is 0 Å². The smallest absolute Gasteiger partial charge is 0.416 e. The molecule has 0 aromatic heterocycles. The number of carbonyl (C=O) groups is 2. The van der Waals surface area contributed by atoms with Crippen molar-refractivity contribution < 1.29 is 27.5 Å². The van der Waals surface area contributed by atoms with E-state index < -0.39 is 11.7 Å². The van der Waals surface area contributed by atoms with Gasteiger partial charge in [-0.25, -0.2) is 0 Å². The molecule has 1 heterocycles. The second-order valence-corrected chi connectivity index (χ2v) is 6.62. The predicted molar refractivity (Wildman–Crippen MR) is 101 cm³/mol. The molecule has 0 atom stereocenters. The van der Waals surface area contributed by atoms with Gasteiger partial charge in [-0.05, 0) is 55.5 Å². The summed E-state index contributed by atoms with van der Waals surface area (Å²) in [6, 6.07) is 11.0. The second kappa shape index (κ2) is 8.55. The number of carbonyl (C=O) groups excluding carboxylic acids is 2. The van der Waals surface area contributed by atoms with Crippen LogP contribution in [0, 0.1) is 0 Å². The van der Waals surface area contributed by atoms with Crippen molar-refractivity contribution in [1.82, 2.24) is 9.80 Å². The number of benzene rings is 2. The molecule has 1 saturated heterocycles. The summed E-state index contributed by atoms with van der Waals surface area (Å²) >= 11 is 0. The third-order valence-corrected chi connectivity index (χ3v) is 4.73.